The van der Waals surface area contributed by atoms with Crippen LogP contribution in [0.1, 0.15) is 93.4 Å². The second-order valence-corrected chi connectivity index (χ2v) is 18.2. The van der Waals surface area contributed by atoms with Gasteiger partial charge >= 0.3 is 0 Å². The lowest BCUT2D eigenvalue weighted by molar-refractivity contribution is -0.136. The Balaban J connectivity index is 2.02. The highest BCUT2D eigenvalue weighted by Crippen LogP contribution is 2.58. The molecular formula is C30H52O2Si. The highest BCUT2D eigenvalue weighted by molar-refractivity contribution is 6.74. The van der Waals surface area contributed by atoms with Crippen LogP contribution in [0, 0.1) is 53.3 Å². The summed E-state index contributed by atoms with van der Waals surface area (Å²) in [5.41, 5.74) is 0.142. The molecule has 0 aliphatic heterocycles. The number of hydrogen-bond donors (Lipinski definition) is 0. The minimum atomic E-state index is -1.74. The van der Waals surface area contributed by atoms with Gasteiger partial charge in [-0.15, -0.1) is 12.3 Å². The van der Waals surface area contributed by atoms with Crippen LogP contribution in [0.2, 0.25) is 18.1 Å². The number of rotatable bonds is 10. The van der Waals surface area contributed by atoms with Gasteiger partial charge in [-0.25, -0.2) is 0 Å². The summed E-state index contributed by atoms with van der Waals surface area (Å²) in [6, 6.07) is 0. The van der Waals surface area contributed by atoms with Crippen molar-refractivity contribution in [3.8, 4) is 12.3 Å². The summed E-state index contributed by atoms with van der Waals surface area (Å²) in [6.07, 6.45) is 17.4. The largest absolute Gasteiger partial charge is 0.417 e. The third-order valence-electron chi connectivity index (χ3n) is 9.40. The van der Waals surface area contributed by atoms with Gasteiger partial charge in [0.05, 0.1) is 0 Å². The smallest absolute Gasteiger partial charge is 0.191 e. The molecule has 0 radical (unpaired) electrons. The van der Waals surface area contributed by atoms with Gasteiger partial charge in [-0.05, 0) is 85.7 Å². The molecule has 0 N–H and O–H groups in total. The van der Waals surface area contributed by atoms with Crippen molar-refractivity contribution in [2.24, 2.45) is 40.9 Å². The van der Waals surface area contributed by atoms with E-state index in [0.29, 0.717) is 29.5 Å². The van der Waals surface area contributed by atoms with Crippen LogP contribution in [0.4, 0.5) is 0 Å². The maximum absolute atomic E-state index is 13.7. The number of Topliss-reactive ketones (excluding diaryl/α,β-unsaturated/α-hetero) is 1. The fourth-order valence-corrected chi connectivity index (χ4v) is 7.33. The maximum Gasteiger partial charge on any atom is 0.191 e. The molecule has 33 heavy (non-hydrogen) atoms. The van der Waals surface area contributed by atoms with Crippen molar-refractivity contribution in [2.45, 2.75) is 112 Å². The van der Waals surface area contributed by atoms with E-state index in [2.05, 4.69) is 79.6 Å². The van der Waals surface area contributed by atoms with Crippen molar-refractivity contribution in [1.29, 1.82) is 0 Å². The number of hydrogen-bond acceptors (Lipinski definition) is 2. The van der Waals surface area contributed by atoms with Gasteiger partial charge in [0.1, 0.15) is 5.78 Å². The van der Waals surface area contributed by atoms with Gasteiger partial charge in [-0.1, -0.05) is 60.6 Å². The van der Waals surface area contributed by atoms with Gasteiger partial charge in [0.25, 0.3) is 0 Å². The molecule has 2 nitrogen and oxygen atoms in total. The van der Waals surface area contributed by atoms with E-state index >= 15 is 0 Å². The number of fused-ring (bicyclic) bond motifs is 1. The number of carbonyl (C=O) groups excluding carboxylic acids is 1. The monoisotopic (exact) mass is 472 g/mol. The Bertz CT molecular complexity index is 723. The Morgan fingerprint density at radius 1 is 1.21 bits per heavy atom. The van der Waals surface area contributed by atoms with Gasteiger partial charge in [0.2, 0.25) is 0 Å². The van der Waals surface area contributed by atoms with Gasteiger partial charge in [-0.3, -0.25) is 4.79 Å². The van der Waals surface area contributed by atoms with Crippen LogP contribution < -0.4 is 0 Å². The maximum atomic E-state index is 13.7. The second kappa shape index (κ2) is 11.3. The van der Waals surface area contributed by atoms with Gasteiger partial charge in [0.15, 0.2) is 8.32 Å². The van der Waals surface area contributed by atoms with Crippen LogP contribution in [0.5, 0.6) is 0 Å². The molecule has 0 heterocycles. The van der Waals surface area contributed by atoms with Crippen LogP contribution in [0.15, 0.2) is 12.2 Å². The summed E-state index contributed by atoms with van der Waals surface area (Å²) >= 11 is 0. The Morgan fingerprint density at radius 2 is 1.88 bits per heavy atom. The number of ketones is 1. The standard InChI is InChI=1S/C30H52O2Si/c1-11-13-24(15-12-14-22(2)3)20-25-18-19-30(8)26(16-17-27(30)28(25)31)23(4)21-32-33(9,10)29(5,6)7/h1,12,14,22-27H,13,15-21H2,2-10H3/t23-,24?,25+,26-,27?,30-/m1/s1. The summed E-state index contributed by atoms with van der Waals surface area (Å²) in [7, 11) is -1.74. The average molecular weight is 473 g/mol. The Morgan fingerprint density at radius 3 is 2.45 bits per heavy atom. The van der Waals surface area contributed by atoms with Gasteiger partial charge < -0.3 is 4.43 Å². The highest BCUT2D eigenvalue weighted by Gasteiger charge is 2.55. The lowest BCUT2D eigenvalue weighted by atomic mass is 9.59. The fourth-order valence-electron chi connectivity index (χ4n) is 6.22. The van der Waals surface area contributed by atoms with Crippen molar-refractivity contribution >= 4 is 14.1 Å². The van der Waals surface area contributed by atoms with Crippen molar-refractivity contribution in [3.63, 3.8) is 0 Å². The molecule has 2 aliphatic rings. The molecule has 0 aromatic heterocycles. The third kappa shape index (κ3) is 6.85. The van der Waals surface area contributed by atoms with E-state index in [0.717, 1.165) is 38.7 Å². The van der Waals surface area contributed by atoms with E-state index in [1.54, 1.807) is 0 Å². The normalized spacial score (nSPS) is 30.5. The van der Waals surface area contributed by atoms with E-state index in [1.807, 2.05) is 0 Å². The van der Waals surface area contributed by atoms with E-state index in [4.69, 9.17) is 10.8 Å². The number of terminal acetylenes is 1. The van der Waals surface area contributed by atoms with E-state index in [9.17, 15) is 4.79 Å². The first-order valence-corrected chi connectivity index (χ1v) is 16.4. The molecule has 6 atom stereocenters. The molecule has 0 amide bonds. The Kier molecular flexibility index (Phi) is 9.68. The van der Waals surface area contributed by atoms with Crippen molar-refractivity contribution in [1.82, 2.24) is 0 Å². The molecule has 0 spiro atoms. The zero-order valence-electron chi connectivity index (χ0n) is 23.2. The zero-order chi connectivity index (χ0) is 25.0. The first-order valence-electron chi connectivity index (χ1n) is 13.5. The Hall–Kier alpha value is -0.853. The van der Waals surface area contributed by atoms with Crippen molar-refractivity contribution < 1.29 is 9.22 Å². The van der Waals surface area contributed by atoms with E-state index in [1.165, 1.54) is 12.8 Å². The van der Waals surface area contributed by atoms with E-state index < -0.39 is 8.32 Å². The molecule has 0 saturated heterocycles. The molecule has 2 unspecified atom stereocenters. The number of allylic oxidation sites excluding steroid dienone is 2. The molecule has 188 valence electrons. The summed E-state index contributed by atoms with van der Waals surface area (Å²) in [4.78, 5) is 13.7. The predicted molar refractivity (Wildman–Crippen MR) is 145 cm³/mol. The average Bonchev–Trinajstić information content (AvgIpc) is 3.05. The molecule has 3 heteroatoms. The first-order chi connectivity index (χ1) is 15.2. The van der Waals surface area contributed by atoms with Gasteiger partial charge in [-0.2, -0.15) is 0 Å². The summed E-state index contributed by atoms with van der Waals surface area (Å²) in [5.74, 6) is 5.93. The molecular weight excluding hydrogens is 420 g/mol. The van der Waals surface area contributed by atoms with Crippen LogP contribution in [-0.2, 0) is 9.22 Å². The SMILES string of the molecule is C#CCC(CC=CC(C)C)C[C@@H]1CC[C@@]2(C)C(CC[C@@H]2[C@H](C)CO[Si](C)(C)C(C)(C)C)C1=O. The van der Waals surface area contributed by atoms with Crippen LogP contribution in [0.25, 0.3) is 0 Å². The second-order valence-electron chi connectivity index (χ2n) is 13.3. The van der Waals surface area contributed by atoms with Gasteiger partial charge in [0, 0.05) is 24.9 Å². The minimum absolute atomic E-state index is 0.142. The quantitative estimate of drug-likeness (QED) is 0.182. The fraction of sp³-hybridized carbons (Fsp3) is 0.833. The molecule has 0 aromatic rings. The molecule has 0 bridgehead atoms. The zero-order valence-corrected chi connectivity index (χ0v) is 24.2. The number of carbonyl (C=O) groups is 1. The topological polar surface area (TPSA) is 26.3 Å². The first kappa shape index (κ1) is 28.4. The van der Waals surface area contributed by atoms with Crippen LogP contribution >= 0.6 is 0 Å². The highest BCUT2D eigenvalue weighted by atomic mass is 28.4. The predicted octanol–water partition coefficient (Wildman–Crippen LogP) is 8.29. The Labute approximate surface area is 206 Å². The van der Waals surface area contributed by atoms with Crippen molar-refractivity contribution in [2.75, 3.05) is 6.61 Å². The summed E-state index contributed by atoms with van der Waals surface area (Å²) < 4.78 is 6.60. The summed E-state index contributed by atoms with van der Waals surface area (Å²) in [5, 5.41) is 0.238. The lowest BCUT2D eigenvalue weighted by Gasteiger charge is -2.45. The molecule has 0 aromatic carbocycles. The van der Waals surface area contributed by atoms with E-state index in [-0.39, 0.29) is 22.3 Å². The lowest BCUT2D eigenvalue weighted by Crippen LogP contribution is -2.46. The van der Waals surface area contributed by atoms with Crippen LogP contribution in [0.3, 0.4) is 0 Å². The van der Waals surface area contributed by atoms with Crippen LogP contribution in [-0.4, -0.2) is 20.7 Å². The molecule has 2 rings (SSSR count). The molecule has 2 fully saturated rings. The molecule has 2 aliphatic carbocycles. The van der Waals surface area contributed by atoms with Crippen molar-refractivity contribution in [3.05, 3.63) is 12.2 Å². The summed E-state index contributed by atoms with van der Waals surface area (Å²) in [6.45, 7) is 21.6. The third-order valence-corrected chi connectivity index (χ3v) is 13.9. The molecule has 2 saturated carbocycles. The minimum Gasteiger partial charge on any atom is -0.417 e.